The van der Waals surface area contributed by atoms with Crippen molar-refractivity contribution in [3.63, 3.8) is 0 Å². The molecule has 1 saturated heterocycles. The lowest BCUT2D eigenvalue weighted by atomic mass is 9.74. The SMILES string of the molecule is CCOC(=O)CC(NC(=O)OC(C)(C)C)c1cc(Cl)cc(C2(CF)CCOCC2)c1. The van der Waals surface area contributed by atoms with E-state index >= 15 is 0 Å². The highest BCUT2D eigenvalue weighted by atomic mass is 35.5. The van der Waals surface area contributed by atoms with E-state index in [2.05, 4.69) is 5.32 Å². The van der Waals surface area contributed by atoms with Crippen LogP contribution in [-0.2, 0) is 24.4 Å². The van der Waals surface area contributed by atoms with Gasteiger partial charge >= 0.3 is 12.1 Å². The molecule has 0 bridgehead atoms. The normalized spacial score (nSPS) is 17.1. The van der Waals surface area contributed by atoms with E-state index in [0.717, 1.165) is 5.56 Å². The van der Waals surface area contributed by atoms with Gasteiger partial charge in [-0.2, -0.15) is 0 Å². The highest BCUT2D eigenvalue weighted by molar-refractivity contribution is 6.30. The molecular formula is C22H31ClFNO5. The number of carbonyl (C=O) groups is 2. The van der Waals surface area contributed by atoms with E-state index in [-0.39, 0.29) is 13.0 Å². The molecule has 0 saturated carbocycles. The molecule has 6 nitrogen and oxygen atoms in total. The summed E-state index contributed by atoms with van der Waals surface area (Å²) in [6.07, 6.45) is 0.305. The zero-order valence-electron chi connectivity index (χ0n) is 18.1. The van der Waals surface area contributed by atoms with Crippen LogP contribution in [0.25, 0.3) is 0 Å². The topological polar surface area (TPSA) is 73.9 Å². The van der Waals surface area contributed by atoms with Crippen molar-refractivity contribution in [3.8, 4) is 0 Å². The molecule has 30 heavy (non-hydrogen) atoms. The van der Waals surface area contributed by atoms with Crippen LogP contribution in [0, 0.1) is 0 Å². The van der Waals surface area contributed by atoms with Crippen molar-refractivity contribution in [2.45, 2.75) is 64.0 Å². The average Bonchev–Trinajstić information content (AvgIpc) is 2.66. The molecule has 2 rings (SSSR count). The molecule has 1 aliphatic rings. The fourth-order valence-corrected chi connectivity index (χ4v) is 3.71. The van der Waals surface area contributed by atoms with Gasteiger partial charge in [-0.05, 0) is 63.8 Å². The fourth-order valence-electron chi connectivity index (χ4n) is 3.47. The minimum absolute atomic E-state index is 0.0986. The molecule has 1 aromatic carbocycles. The summed E-state index contributed by atoms with van der Waals surface area (Å²) >= 11 is 6.36. The zero-order chi connectivity index (χ0) is 22.4. The molecule has 0 spiro atoms. The Bertz CT molecular complexity index is 744. The standard InChI is InChI=1S/C22H31ClFNO5/c1-5-29-19(26)13-18(25-20(27)30-21(2,3)4)15-10-16(12-17(23)11-15)22(14-24)6-8-28-9-7-22/h10-12,18H,5-9,13-14H2,1-4H3,(H,25,27). The van der Waals surface area contributed by atoms with E-state index in [1.165, 1.54) is 0 Å². The summed E-state index contributed by atoms with van der Waals surface area (Å²) in [5.41, 5.74) is -0.0668. The van der Waals surface area contributed by atoms with Crippen LogP contribution in [0.5, 0.6) is 0 Å². The maximum atomic E-state index is 14.1. The summed E-state index contributed by atoms with van der Waals surface area (Å²) in [5.74, 6) is -0.466. The first-order chi connectivity index (χ1) is 14.1. The van der Waals surface area contributed by atoms with Gasteiger partial charge in [0.25, 0.3) is 0 Å². The van der Waals surface area contributed by atoms with Crippen molar-refractivity contribution < 1.29 is 28.2 Å². The molecule has 1 aromatic rings. The van der Waals surface area contributed by atoms with Gasteiger partial charge < -0.3 is 19.5 Å². The predicted octanol–water partition coefficient (Wildman–Crippen LogP) is 4.88. The number of hydrogen-bond donors (Lipinski definition) is 1. The molecule has 1 heterocycles. The molecule has 1 N–H and O–H groups in total. The molecule has 0 aromatic heterocycles. The minimum atomic E-state index is -0.729. The molecule has 0 aliphatic carbocycles. The van der Waals surface area contributed by atoms with Crippen LogP contribution in [-0.4, -0.2) is 44.2 Å². The summed E-state index contributed by atoms with van der Waals surface area (Å²) in [7, 11) is 0. The number of esters is 1. The Labute approximate surface area is 182 Å². The minimum Gasteiger partial charge on any atom is -0.466 e. The molecule has 1 aliphatic heterocycles. The average molecular weight is 444 g/mol. The number of nitrogens with one attached hydrogen (secondary N) is 1. The zero-order valence-corrected chi connectivity index (χ0v) is 18.8. The van der Waals surface area contributed by atoms with Crippen molar-refractivity contribution in [1.82, 2.24) is 5.32 Å². The van der Waals surface area contributed by atoms with Crippen LogP contribution >= 0.6 is 11.6 Å². The molecule has 1 atom stereocenters. The van der Waals surface area contributed by atoms with Crippen LogP contribution in [0.1, 0.15) is 64.1 Å². The molecule has 1 fully saturated rings. The second-order valence-electron chi connectivity index (χ2n) is 8.51. The summed E-state index contributed by atoms with van der Waals surface area (Å²) in [6, 6.07) is 4.48. The first-order valence-electron chi connectivity index (χ1n) is 10.2. The van der Waals surface area contributed by atoms with Crippen LogP contribution in [0.4, 0.5) is 9.18 Å². The number of benzene rings is 1. The summed E-state index contributed by atoms with van der Waals surface area (Å²) in [4.78, 5) is 24.5. The van der Waals surface area contributed by atoms with E-state index in [1.54, 1.807) is 45.9 Å². The third-order valence-corrected chi connectivity index (χ3v) is 5.23. The fraction of sp³-hybridized carbons (Fsp3) is 0.636. The Hall–Kier alpha value is -1.86. The molecular weight excluding hydrogens is 413 g/mol. The quantitative estimate of drug-likeness (QED) is 0.608. The molecule has 1 amide bonds. The highest BCUT2D eigenvalue weighted by Gasteiger charge is 2.36. The van der Waals surface area contributed by atoms with Crippen molar-refractivity contribution >= 4 is 23.7 Å². The van der Waals surface area contributed by atoms with Crippen molar-refractivity contribution in [1.29, 1.82) is 0 Å². The first-order valence-corrected chi connectivity index (χ1v) is 10.6. The van der Waals surface area contributed by atoms with Gasteiger partial charge in [-0.25, -0.2) is 4.79 Å². The van der Waals surface area contributed by atoms with E-state index in [9.17, 15) is 14.0 Å². The first kappa shape index (κ1) is 24.4. The van der Waals surface area contributed by atoms with E-state index in [0.29, 0.717) is 36.6 Å². The van der Waals surface area contributed by atoms with Gasteiger partial charge in [0.15, 0.2) is 0 Å². The van der Waals surface area contributed by atoms with E-state index in [1.807, 2.05) is 0 Å². The predicted molar refractivity (Wildman–Crippen MR) is 113 cm³/mol. The lowest BCUT2D eigenvalue weighted by Crippen LogP contribution is -2.37. The largest absolute Gasteiger partial charge is 0.466 e. The van der Waals surface area contributed by atoms with Crippen molar-refractivity contribution in [2.75, 3.05) is 26.5 Å². The monoisotopic (exact) mass is 443 g/mol. The molecule has 168 valence electrons. The maximum Gasteiger partial charge on any atom is 0.408 e. The van der Waals surface area contributed by atoms with Gasteiger partial charge in [0.05, 0.1) is 25.7 Å². The van der Waals surface area contributed by atoms with Crippen LogP contribution in [0.3, 0.4) is 0 Å². The van der Waals surface area contributed by atoms with Crippen LogP contribution < -0.4 is 5.32 Å². The third-order valence-electron chi connectivity index (χ3n) is 5.01. The number of alkyl halides is 1. The summed E-state index contributed by atoms with van der Waals surface area (Å²) < 4.78 is 29.9. The Morgan fingerprint density at radius 3 is 2.50 bits per heavy atom. The number of alkyl carbamates (subject to hydrolysis) is 1. The van der Waals surface area contributed by atoms with E-state index < -0.39 is 35.8 Å². The molecule has 8 heteroatoms. The molecule has 0 radical (unpaired) electrons. The van der Waals surface area contributed by atoms with Crippen molar-refractivity contribution in [2.24, 2.45) is 0 Å². The number of amides is 1. The number of ether oxygens (including phenoxy) is 3. The number of carbonyl (C=O) groups excluding carboxylic acids is 2. The summed E-state index contributed by atoms with van der Waals surface area (Å²) in [5, 5.41) is 3.13. The second kappa shape index (κ2) is 10.4. The summed E-state index contributed by atoms with van der Waals surface area (Å²) in [6.45, 7) is 7.58. The van der Waals surface area contributed by atoms with Crippen molar-refractivity contribution in [3.05, 3.63) is 34.3 Å². The Morgan fingerprint density at radius 2 is 1.93 bits per heavy atom. The van der Waals surface area contributed by atoms with Gasteiger partial charge in [-0.1, -0.05) is 17.7 Å². The van der Waals surface area contributed by atoms with Gasteiger partial charge in [0.2, 0.25) is 0 Å². The van der Waals surface area contributed by atoms with Gasteiger partial charge in [0, 0.05) is 23.7 Å². The lowest BCUT2D eigenvalue weighted by molar-refractivity contribution is -0.143. The highest BCUT2D eigenvalue weighted by Crippen LogP contribution is 2.38. The lowest BCUT2D eigenvalue weighted by Gasteiger charge is -2.36. The third kappa shape index (κ3) is 6.84. The Balaban J connectivity index is 2.37. The van der Waals surface area contributed by atoms with E-state index in [4.69, 9.17) is 25.8 Å². The van der Waals surface area contributed by atoms with Crippen LogP contribution in [0.2, 0.25) is 5.02 Å². The van der Waals surface area contributed by atoms with Gasteiger partial charge in [-0.3, -0.25) is 9.18 Å². The second-order valence-corrected chi connectivity index (χ2v) is 8.94. The molecule has 1 unspecified atom stereocenters. The Morgan fingerprint density at radius 1 is 1.27 bits per heavy atom. The number of halogens is 2. The smallest absolute Gasteiger partial charge is 0.408 e. The Kier molecular flexibility index (Phi) is 8.50. The number of rotatable bonds is 7. The maximum absolute atomic E-state index is 14.1. The number of hydrogen-bond acceptors (Lipinski definition) is 5. The van der Waals surface area contributed by atoms with Crippen LogP contribution in [0.15, 0.2) is 18.2 Å². The van der Waals surface area contributed by atoms with Gasteiger partial charge in [0.1, 0.15) is 5.60 Å². The van der Waals surface area contributed by atoms with Gasteiger partial charge in [-0.15, -0.1) is 0 Å².